The Labute approximate surface area is 225 Å². The number of hydrogen-bond acceptors (Lipinski definition) is 6. The summed E-state index contributed by atoms with van der Waals surface area (Å²) >= 11 is 13.6. The lowest BCUT2D eigenvalue weighted by Crippen LogP contribution is -2.70. The molecule has 0 aliphatic heterocycles. The van der Waals surface area contributed by atoms with E-state index in [1.807, 2.05) is 20.8 Å². The van der Waals surface area contributed by atoms with Gasteiger partial charge in [-0.1, -0.05) is 39.3 Å². The van der Waals surface area contributed by atoms with Crippen molar-refractivity contribution in [2.45, 2.75) is 63.5 Å². The Morgan fingerprint density at radius 2 is 2.00 bits per heavy atom. The minimum absolute atomic E-state index is 0.0214. The van der Waals surface area contributed by atoms with Crippen molar-refractivity contribution in [1.82, 2.24) is 0 Å². The van der Waals surface area contributed by atoms with Gasteiger partial charge in [-0.3, -0.25) is 9.59 Å². The lowest BCUT2D eigenvalue weighted by molar-refractivity contribution is -0.178. The number of alkyl halides is 2. The third-order valence-corrected chi connectivity index (χ3v) is 11.0. The van der Waals surface area contributed by atoms with Crippen LogP contribution < -0.4 is 0 Å². The van der Waals surface area contributed by atoms with E-state index in [0.717, 1.165) is 5.57 Å². The molecule has 4 aliphatic carbocycles. The summed E-state index contributed by atoms with van der Waals surface area (Å²) in [5.41, 5.74) is -2.78. The second-order valence-corrected chi connectivity index (χ2v) is 12.3. The van der Waals surface area contributed by atoms with E-state index < -0.39 is 75.0 Å². The van der Waals surface area contributed by atoms with Crippen LogP contribution >= 0.6 is 23.2 Å². The van der Waals surface area contributed by atoms with Crippen molar-refractivity contribution >= 4 is 40.7 Å². The Balaban J connectivity index is 1.63. The van der Waals surface area contributed by atoms with Crippen LogP contribution in [-0.2, 0) is 14.3 Å². The van der Waals surface area contributed by atoms with Crippen molar-refractivity contribution in [2.75, 3.05) is 5.88 Å². The molecule has 0 aromatic carbocycles. The molecular formula is C28H32Cl2O6. The smallest absolute Gasteiger partial charge is 0.375 e. The number of carbonyl (C=O) groups is 3. The molecule has 0 amide bonds. The van der Waals surface area contributed by atoms with Gasteiger partial charge in [0.15, 0.2) is 17.2 Å². The van der Waals surface area contributed by atoms with Crippen LogP contribution in [0.2, 0.25) is 0 Å². The topological polar surface area (TPSA) is 93.8 Å². The van der Waals surface area contributed by atoms with Crippen LogP contribution in [0.4, 0.5) is 0 Å². The van der Waals surface area contributed by atoms with E-state index in [9.17, 15) is 19.5 Å². The fraction of sp³-hybridized carbons (Fsp3) is 0.607. The standard InChI is InChI=1S/C28H32Cl2O6/c1-15-10-20-19-11-16(2)28(23(33)14-29,36-24(34)21-6-5-9-35-21)26(19,4)13-22(32)27(20,30)25(3)8-7-17(31)12-18(15)25/h5-9,12,15-16,19-20,22,32H,10-11,13-14H2,1-4H3/t15-,16+,19-,20-,22?,25-,26-,27-,28-/m0/s1/i5D,6D,9D. The third kappa shape index (κ3) is 3.04. The van der Waals surface area contributed by atoms with Gasteiger partial charge in [0.1, 0.15) is 1.37 Å². The summed E-state index contributed by atoms with van der Waals surface area (Å²) in [7, 11) is 0. The monoisotopic (exact) mass is 537 g/mol. The van der Waals surface area contributed by atoms with Crippen molar-refractivity contribution in [3.8, 4) is 0 Å². The second kappa shape index (κ2) is 8.31. The molecule has 1 unspecified atom stereocenters. The van der Waals surface area contributed by atoms with Crippen LogP contribution in [0.3, 0.4) is 0 Å². The molecule has 1 N–H and O–H groups in total. The van der Waals surface area contributed by atoms with Crippen LogP contribution in [0.1, 0.15) is 61.6 Å². The number of esters is 1. The van der Waals surface area contributed by atoms with Crippen molar-refractivity contribution in [2.24, 2.45) is 34.5 Å². The first-order valence-corrected chi connectivity index (χ1v) is 13.2. The molecule has 0 saturated heterocycles. The zero-order valence-corrected chi connectivity index (χ0v) is 22.2. The molecule has 6 nitrogen and oxygen atoms in total. The predicted octanol–water partition coefficient (Wildman–Crippen LogP) is 5.12. The minimum atomic E-state index is -1.77. The highest BCUT2D eigenvalue weighted by molar-refractivity contribution is 6.29. The number of allylic oxidation sites excluding steroid dienone is 4. The summed E-state index contributed by atoms with van der Waals surface area (Å²) in [6.45, 7) is 7.61. The Morgan fingerprint density at radius 3 is 2.64 bits per heavy atom. The number of hydrogen-bond donors (Lipinski definition) is 1. The Morgan fingerprint density at radius 1 is 1.28 bits per heavy atom. The van der Waals surface area contributed by atoms with Crippen LogP contribution in [0, 0.1) is 34.5 Å². The number of ether oxygens (including phenoxy) is 1. The number of aliphatic hydroxyl groups excluding tert-OH is 1. The van der Waals surface area contributed by atoms with Gasteiger partial charge in [0.25, 0.3) is 0 Å². The molecule has 3 saturated carbocycles. The van der Waals surface area contributed by atoms with E-state index in [0.29, 0.717) is 12.8 Å². The molecule has 8 heteroatoms. The minimum Gasteiger partial charge on any atom is -0.457 e. The number of rotatable bonds is 4. The van der Waals surface area contributed by atoms with Gasteiger partial charge in [-0.15, -0.1) is 23.2 Å². The molecule has 0 radical (unpaired) electrons. The number of Topliss-reactive ketones (excluding diaryl/α,β-unsaturated/α-hetero) is 1. The molecule has 0 spiro atoms. The quantitative estimate of drug-likeness (QED) is 0.423. The van der Waals surface area contributed by atoms with E-state index >= 15 is 0 Å². The number of aliphatic hydroxyl groups is 1. The van der Waals surface area contributed by atoms with Crippen LogP contribution in [0.15, 0.2) is 46.5 Å². The molecule has 1 aromatic rings. The highest BCUT2D eigenvalue weighted by atomic mass is 35.5. The van der Waals surface area contributed by atoms with E-state index in [2.05, 4.69) is 0 Å². The molecule has 194 valence electrons. The van der Waals surface area contributed by atoms with Gasteiger partial charge in [0, 0.05) is 16.7 Å². The fourth-order valence-corrected chi connectivity index (χ4v) is 9.05. The van der Waals surface area contributed by atoms with E-state index in [-0.39, 0.29) is 30.0 Å². The van der Waals surface area contributed by atoms with Crippen LogP contribution in [0.5, 0.6) is 0 Å². The maximum absolute atomic E-state index is 13.7. The fourth-order valence-electron chi connectivity index (χ4n) is 8.36. The number of fused-ring (bicyclic) bond motifs is 5. The molecule has 9 atom stereocenters. The van der Waals surface area contributed by atoms with E-state index in [1.54, 1.807) is 19.1 Å². The molecule has 5 rings (SSSR count). The average molecular weight is 538 g/mol. The SMILES string of the molecule is [2H]c1oc(C(=O)O[C@]2(C(=O)CCl)[C@H](C)C[C@H]3[C@@H]4C[C@H](C)C5=CC(=O)C=C[C@]5(C)[C@@]4(Cl)C(O)C[C@@]32C)c([2H])c1[2H]. The summed E-state index contributed by atoms with van der Waals surface area (Å²) in [5, 5.41) is 11.9. The summed E-state index contributed by atoms with van der Waals surface area (Å²) < 4.78 is 34.6. The maximum atomic E-state index is 13.7. The van der Waals surface area contributed by atoms with Crippen molar-refractivity contribution in [3.63, 3.8) is 0 Å². The molecule has 3 fully saturated rings. The van der Waals surface area contributed by atoms with Gasteiger partial charge < -0.3 is 14.3 Å². The summed E-state index contributed by atoms with van der Waals surface area (Å²) in [4.78, 5) is 38.2. The Bertz CT molecular complexity index is 1340. The van der Waals surface area contributed by atoms with Crippen molar-refractivity contribution < 1.29 is 32.8 Å². The van der Waals surface area contributed by atoms with Gasteiger partial charge in [-0.05, 0) is 61.3 Å². The first-order chi connectivity index (χ1) is 18.1. The zero-order valence-electron chi connectivity index (χ0n) is 23.7. The molecule has 1 aromatic heterocycles. The lowest BCUT2D eigenvalue weighted by atomic mass is 9.44. The molecular weight excluding hydrogens is 503 g/mol. The van der Waals surface area contributed by atoms with E-state index in [4.69, 9.17) is 36.5 Å². The van der Waals surface area contributed by atoms with Crippen LogP contribution in [0.25, 0.3) is 0 Å². The molecule has 4 aliphatic rings. The van der Waals surface area contributed by atoms with E-state index in [1.165, 1.54) is 6.08 Å². The van der Waals surface area contributed by atoms with Gasteiger partial charge in [0.2, 0.25) is 5.76 Å². The molecule has 0 bridgehead atoms. The number of ketones is 2. The largest absolute Gasteiger partial charge is 0.457 e. The predicted molar refractivity (Wildman–Crippen MR) is 135 cm³/mol. The number of furan rings is 1. The van der Waals surface area contributed by atoms with Gasteiger partial charge in [-0.25, -0.2) is 4.79 Å². The Kier molecular flexibility index (Phi) is 5.10. The summed E-state index contributed by atoms with van der Waals surface area (Å²) in [6.07, 6.45) is 4.17. The zero-order chi connectivity index (χ0) is 28.9. The number of carbonyl (C=O) groups excluding carboxylic acids is 3. The second-order valence-electron chi connectivity index (χ2n) is 11.4. The summed E-state index contributed by atoms with van der Waals surface area (Å²) in [6, 6.07) is -1.16. The average Bonchev–Trinajstić information content (AvgIpc) is 3.26. The normalized spacial score (nSPS) is 46.5. The third-order valence-electron chi connectivity index (χ3n) is 9.86. The highest BCUT2D eigenvalue weighted by Gasteiger charge is 2.76. The van der Waals surface area contributed by atoms with Crippen molar-refractivity contribution in [1.29, 1.82) is 0 Å². The lowest BCUT2D eigenvalue weighted by Gasteiger charge is -2.65. The van der Waals surface area contributed by atoms with Gasteiger partial charge in [0.05, 0.1) is 25.8 Å². The van der Waals surface area contributed by atoms with Crippen molar-refractivity contribution in [3.05, 3.63) is 47.9 Å². The molecule has 1 heterocycles. The Hall–Kier alpha value is -1.89. The van der Waals surface area contributed by atoms with Gasteiger partial charge in [-0.2, -0.15) is 0 Å². The summed E-state index contributed by atoms with van der Waals surface area (Å²) in [5.74, 6) is -3.95. The highest BCUT2D eigenvalue weighted by Crippen LogP contribution is 2.72. The van der Waals surface area contributed by atoms with Gasteiger partial charge >= 0.3 is 5.97 Å². The first kappa shape index (κ1) is 22.1. The molecule has 36 heavy (non-hydrogen) atoms. The maximum Gasteiger partial charge on any atom is 0.375 e. The van der Waals surface area contributed by atoms with Crippen LogP contribution in [-0.4, -0.2) is 45.1 Å². The first-order valence-electron chi connectivity index (χ1n) is 13.8. The number of halogens is 2.